The van der Waals surface area contributed by atoms with Gasteiger partial charge in [0.2, 0.25) is 0 Å². The minimum absolute atomic E-state index is 0.0171. The van der Waals surface area contributed by atoms with Gasteiger partial charge in [0, 0.05) is 19.2 Å². The lowest BCUT2D eigenvalue weighted by molar-refractivity contribution is -0.136. The van der Waals surface area contributed by atoms with Gasteiger partial charge in [0.15, 0.2) is 0 Å². The van der Waals surface area contributed by atoms with E-state index in [-0.39, 0.29) is 6.42 Å². The summed E-state index contributed by atoms with van der Waals surface area (Å²) in [4.78, 5) is 14.9. The Kier molecular flexibility index (Phi) is 2.27. The molecule has 1 aromatic heterocycles. The third-order valence-corrected chi connectivity index (χ3v) is 2.82. The van der Waals surface area contributed by atoms with Gasteiger partial charge >= 0.3 is 5.97 Å². The molecule has 1 N–H and O–H groups in total. The maximum Gasteiger partial charge on any atom is 0.311 e. The fourth-order valence-corrected chi connectivity index (χ4v) is 1.73. The van der Waals surface area contributed by atoms with Crippen molar-refractivity contribution in [2.45, 2.75) is 31.6 Å². The van der Waals surface area contributed by atoms with E-state index >= 15 is 0 Å². The second kappa shape index (κ2) is 3.44. The summed E-state index contributed by atoms with van der Waals surface area (Å²) in [5.41, 5.74) is 1.06. The fourth-order valence-electron chi connectivity index (χ4n) is 1.73. The minimum atomic E-state index is -0.821. The Morgan fingerprint density at radius 3 is 2.93 bits per heavy atom. The second-order valence-electron chi connectivity index (χ2n) is 3.89. The van der Waals surface area contributed by atoms with Crippen LogP contribution in [-0.4, -0.2) is 20.6 Å². The highest BCUT2D eigenvalue weighted by molar-refractivity contribution is 5.69. The number of imidazole rings is 1. The highest BCUT2D eigenvalue weighted by Gasteiger charge is 2.23. The summed E-state index contributed by atoms with van der Waals surface area (Å²) in [6, 6.07) is 0. The van der Waals surface area contributed by atoms with E-state index in [4.69, 9.17) is 5.11 Å². The zero-order chi connectivity index (χ0) is 10.1. The summed E-state index contributed by atoms with van der Waals surface area (Å²) < 4.78 is 1.82. The molecule has 1 aromatic rings. The highest BCUT2D eigenvalue weighted by atomic mass is 16.4. The lowest BCUT2D eigenvalue weighted by atomic mass is 9.83. The van der Waals surface area contributed by atoms with Gasteiger partial charge in [0.1, 0.15) is 12.2 Å². The summed E-state index contributed by atoms with van der Waals surface area (Å²) in [6.07, 6.45) is 5.65. The molecule has 0 bridgehead atoms. The van der Waals surface area contributed by atoms with Crippen LogP contribution in [0.1, 0.15) is 36.7 Å². The van der Waals surface area contributed by atoms with Crippen LogP contribution in [0.2, 0.25) is 0 Å². The lowest BCUT2D eigenvalue weighted by Crippen LogP contribution is -2.09. The van der Waals surface area contributed by atoms with Crippen LogP contribution in [0.3, 0.4) is 0 Å². The van der Waals surface area contributed by atoms with E-state index in [9.17, 15) is 4.79 Å². The summed E-state index contributed by atoms with van der Waals surface area (Å²) in [5, 5.41) is 8.66. The summed E-state index contributed by atoms with van der Waals surface area (Å²) in [7, 11) is 1.85. The molecule has 0 atom stereocenters. The van der Waals surface area contributed by atoms with Crippen LogP contribution in [-0.2, 0) is 18.3 Å². The Balaban J connectivity index is 2.16. The molecule has 0 saturated heterocycles. The molecule has 0 radical (unpaired) electrons. The average Bonchev–Trinajstić information content (AvgIpc) is 2.27. The highest BCUT2D eigenvalue weighted by Crippen LogP contribution is 2.35. The van der Waals surface area contributed by atoms with E-state index in [0.717, 1.165) is 5.69 Å². The number of hydrogen-bond acceptors (Lipinski definition) is 2. The molecule has 14 heavy (non-hydrogen) atoms. The molecule has 4 heteroatoms. The van der Waals surface area contributed by atoms with Crippen LogP contribution < -0.4 is 0 Å². The SMILES string of the molecule is Cn1cc(C2CCC2)nc1CC(=O)O. The number of nitrogens with zero attached hydrogens (tertiary/aromatic N) is 2. The number of carboxylic acid groups (broad SMARTS) is 1. The van der Waals surface area contributed by atoms with Crippen LogP contribution in [0.5, 0.6) is 0 Å². The molecule has 0 amide bonds. The van der Waals surface area contributed by atoms with Gasteiger partial charge < -0.3 is 9.67 Å². The number of aromatic nitrogens is 2. The van der Waals surface area contributed by atoms with E-state index in [2.05, 4.69) is 4.98 Å². The Labute approximate surface area is 82.6 Å². The van der Waals surface area contributed by atoms with Gasteiger partial charge in [-0.15, -0.1) is 0 Å². The van der Waals surface area contributed by atoms with Gasteiger partial charge in [-0.2, -0.15) is 0 Å². The summed E-state index contributed by atoms with van der Waals surface area (Å²) in [5.74, 6) is 0.405. The van der Waals surface area contributed by atoms with E-state index in [0.29, 0.717) is 11.7 Å². The van der Waals surface area contributed by atoms with Crippen molar-refractivity contribution in [2.24, 2.45) is 7.05 Å². The first kappa shape index (κ1) is 9.24. The number of carboxylic acids is 1. The van der Waals surface area contributed by atoms with Gasteiger partial charge in [0.25, 0.3) is 0 Å². The summed E-state index contributed by atoms with van der Waals surface area (Å²) >= 11 is 0. The molecule has 1 heterocycles. The monoisotopic (exact) mass is 194 g/mol. The van der Waals surface area contributed by atoms with Crippen LogP contribution >= 0.6 is 0 Å². The van der Waals surface area contributed by atoms with Crippen molar-refractivity contribution in [3.05, 3.63) is 17.7 Å². The van der Waals surface area contributed by atoms with Gasteiger partial charge in [-0.05, 0) is 12.8 Å². The lowest BCUT2D eigenvalue weighted by Gasteiger charge is -2.22. The van der Waals surface area contributed by atoms with Crippen LogP contribution in [0.25, 0.3) is 0 Å². The molecular weight excluding hydrogens is 180 g/mol. The molecule has 4 nitrogen and oxygen atoms in total. The first-order valence-corrected chi connectivity index (χ1v) is 4.90. The van der Waals surface area contributed by atoms with E-state index in [1.165, 1.54) is 19.3 Å². The summed E-state index contributed by atoms with van der Waals surface area (Å²) in [6.45, 7) is 0. The standard InChI is InChI=1S/C10H14N2O2/c1-12-6-8(7-3-2-4-7)11-9(12)5-10(13)14/h6-7H,2-5H2,1H3,(H,13,14). The zero-order valence-electron chi connectivity index (χ0n) is 8.23. The predicted octanol–water partition coefficient (Wildman–Crippen LogP) is 1.31. The van der Waals surface area contributed by atoms with E-state index < -0.39 is 5.97 Å². The van der Waals surface area contributed by atoms with Crippen LogP contribution in [0, 0.1) is 0 Å². The molecule has 1 aliphatic rings. The number of aliphatic carboxylic acids is 1. The molecule has 1 saturated carbocycles. The van der Waals surface area contributed by atoms with Gasteiger partial charge in [0.05, 0.1) is 5.69 Å². The van der Waals surface area contributed by atoms with Crippen molar-refractivity contribution in [1.82, 2.24) is 9.55 Å². The van der Waals surface area contributed by atoms with Crippen LogP contribution in [0.15, 0.2) is 6.20 Å². The largest absolute Gasteiger partial charge is 0.481 e. The van der Waals surface area contributed by atoms with Crippen molar-refractivity contribution < 1.29 is 9.90 Å². The maximum atomic E-state index is 10.5. The van der Waals surface area contributed by atoms with Crippen LogP contribution in [0.4, 0.5) is 0 Å². The molecule has 1 aliphatic carbocycles. The third kappa shape index (κ3) is 1.64. The van der Waals surface area contributed by atoms with Gasteiger partial charge in [-0.1, -0.05) is 6.42 Å². The maximum absolute atomic E-state index is 10.5. The number of rotatable bonds is 3. The predicted molar refractivity (Wildman–Crippen MR) is 51.1 cm³/mol. The Morgan fingerprint density at radius 1 is 1.71 bits per heavy atom. The Morgan fingerprint density at radius 2 is 2.43 bits per heavy atom. The van der Waals surface area contributed by atoms with Gasteiger partial charge in [-0.3, -0.25) is 4.79 Å². The first-order chi connectivity index (χ1) is 6.66. The normalized spacial score (nSPS) is 16.6. The van der Waals surface area contributed by atoms with Crippen molar-refractivity contribution in [3.63, 3.8) is 0 Å². The van der Waals surface area contributed by atoms with E-state index in [1.807, 2.05) is 17.8 Å². The number of aryl methyl sites for hydroxylation is 1. The Bertz CT molecular complexity index is 353. The molecule has 0 aromatic carbocycles. The van der Waals surface area contributed by atoms with Crippen molar-refractivity contribution in [2.75, 3.05) is 0 Å². The number of carbonyl (C=O) groups is 1. The van der Waals surface area contributed by atoms with E-state index in [1.54, 1.807) is 0 Å². The quantitative estimate of drug-likeness (QED) is 0.789. The number of hydrogen-bond donors (Lipinski definition) is 1. The minimum Gasteiger partial charge on any atom is -0.481 e. The smallest absolute Gasteiger partial charge is 0.311 e. The zero-order valence-corrected chi connectivity index (χ0v) is 8.23. The molecule has 0 spiro atoms. The molecule has 0 unspecified atom stereocenters. The fraction of sp³-hybridized carbons (Fsp3) is 0.600. The van der Waals surface area contributed by atoms with Crippen molar-refractivity contribution in [3.8, 4) is 0 Å². The average molecular weight is 194 g/mol. The molecule has 0 aliphatic heterocycles. The molecular formula is C10H14N2O2. The first-order valence-electron chi connectivity index (χ1n) is 4.90. The molecule has 1 fully saturated rings. The van der Waals surface area contributed by atoms with Gasteiger partial charge in [-0.25, -0.2) is 4.98 Å². The molecule has 2 rings (SSSR count). The molecule has 76 valence electrons. The Hall–Kier alpha value is -1.32. The third-order valence-electron chi connectivity index (χ3n) is 2.82. The topological polar surface area (TPSA) is 55.1 Å². The second-order valence-corrected chi connectivity index (χ2v) is 3.89. The van der Waals surface area contributed by atoms with Crippen molar-refractivity contribution in [1.29, 1.82) is 0 Å². The van der Waals surface area contributed by atoms with Crippen molar-refractivity contribution >= 4 is 5.97 Å².